The minimum absolute atomic E-state index is 0.0101. The zero-order chi connectivity index (χ0) is 22.8. The number of amides is 1. The van der Waals surface area contributed by atoms with E-state index in [1.165, 1.54) is 11.2 Å². The number of aryl methyl sites for hydroxylation is 1. The summed E-state index contributed by atoms with van der Waals surface area (Å²) in [5.41, 5.74) is 1.79. The van der Waals surface area contributed by atoms with E-state index < -0.39 is 17.7 Å². The molecule has 1 unspecified atom stereocenters. The molecular formula is C26H25NO5. The Hall–Kier alpha value is -3.80. The molecule has 1 aliphatic heterocycles. The third-order valence-electron chi connectivity index (χ3n) is 5.31. The van der Waals surface area contributed by atoms with Crippen LogP contribution >= 0.6 is 0 Å². The molecule has 1 aromatic heterocycles. The Balaban J connectivity index is 1.80. The Labute approximate surface area is 186 Å². The van der Waals surface area contributed by atoms with Crippen LogP contribution in [0.3, 0.4) is 0 Å². The number of carbonyl (C=O) groups excluding carboxylic acids is 2. The third kappa shape index (κ3) is 3.91. The van der Waals surface area contributed by atoms with Crippen LogP contribution in [0.4, 0.5) is 5.69 Å². The molecular weight excluding hydrogens is 406 g/mol. The second-order valence-electron chi connectivity index (χ2n) is 8.21. The first-order valence-electron chi connectivity index (χ1n) is 10.5. The van der Waals surface area contributed by atoms with Crippen LogP contribution in [0, 0.1) is 12.8 Å². The fraction of sp³-hybridized carbons (Fsp3) is 0.231. The highest BCUT2D eigenvalue weighted by Gasteiger charge is 2.48. The van der Waals surface area contributed by atoms with Gasteiger partial charge in [0.1, 0.15) is 23.3 Å². The standard InChI is InChI=1S/C26H25NO5/c1-16(2)15-32-20-12-11-18(14-17(20)3)24(28)22-23(21-10-7-13-31-21)27(26(30)25(22)29)19-8-5-4-6-9-19/h4-14,16,23,28H,15H2,1-3H3/b24-22-. The van der Waals surface area contributed by atoms with Gasteiger partial charge in [-0.25, -0.2) is 0 Å². The molecule has 0 saturated carbocycles. The van der Waals surface area contributed by atoms with Gasteiger partial charge < -0.3 is 14.3 Å². The normalized spacial score (nSPS) is 17.9. The summed E-state index contributed by atoms with van der Waals surface area (Å²) in [6, 6.07) is 16.6. The van der Waals surface area contributed by atoms with Crippen molar-refractivity contribution in [1.82, 2.24) is 0 Å². The highest BCUT2D eigenvalue weighted by atomic mass is 16.5. The summed E-state index contributed by atoms with van der Waals surface area (Å²) < 4.78 is 11.4. The van der Waals surface area contributed by atoms with Crippen LogP contribution in [0.25, 0.3) is 5.76 Å². The van der Waals surface area contributed by atoms with Crippen LogP contribution in [0.1, 0.15) is 36.8 Å². The highest BCUT2D eigenvalue weighted by molar-refractivity contribution is 6.51. The monoisotopic (exact) mass is 431 g/mol. The van der Waals surface area contributed by atoms with E-state index in [4.69, 9.17) is 9.15 Å². The molecule has 32 heavy (non-hydrogen) atoms. The zero-order valence-electron chi connectivity index (χ0n) is 18.2. The number of aliphatic hydroxyl groups excluding tert-OH is 1. The van der Waals surface area contributed by atoms with Gasteiger partial charge in [-0.2, -0.15) is 0 Å². The summed E-state index contributed by atoms with van der Waals surface area (Å²) in [4.78, 5) is 27.4. The van der Waals surface area contributed by atoms with Crippen LogP contribution in [0.2, 0.25) is 0 Å². The van der Waals surface area contributed by atoms with Crippen molar-refractivity contribution in [2.45, 2.75) is 26.8 Å². The summed E-state index contributed by atoms with van der Waals surface area (Å²) in [5.74, 6) is -0.240. The molecule has 1 aliphatic rings. The quantitative estimate of drug-likeness (QED) is 0.328. The molecule has 0 bridgehead atoms. The van der Waals surface area contributed by atoms with Gasteiger partial charge in [-0.3, -0.25) is 14.5 Å². The smallest absolute Gasteiger partial charge is 0.300 e. The number of hydrogen-bond donors (Lipinski definition) is 1. The first-order chi connectivity index (χ1) is 15.4. The van der Waals surface area contributed by atoms with Crippen molar-refractivity contribution >= 4 is 23.1 Å². The molecule has 1 fully saturated rings. The number of Topliss-reactive ketones (excluding diaryl/α,β-unsaturated/α-hetero) is 1. The number of hydrogen-bond acceptors (Lipinski definition) is 5. The highest BCUT2D eigenvalue weighted by Crippen LogP contribution is 2.42. The van der Waals surface area contributed by atoms with Crippen LogP contribution in [-0.2, 0) is 9.59 Å². The maximum absolute atomic E-state index is 13.1. The van der Waals surface area contributed by atoms with Gasteiger partial charge in [-0.15, -0.1) is 0 Å². The Kier molecular flexibility index (Phi) is 5.86. The Morgan fingerprint density at radius 2 is 1.84 bits per heavy atom. The molecule has 1 N–H and O–H groups in total. The molecule has 0 aliphatic carbocycles. The van der Waals surface area contributed by atoms with Gasteiger partial charge in [0, 0.05) is 11.3 Å². The van der Waals surface area contributed by atoms with E-state index >= 15 is 0 Å². The molecule has 6 heteroatoms. The molecule has 6 nitrogen and oxygen atoms in total. The lowest BCUT2D eigenvalue weighted by molar-refractivity contribution is -0.132. The molecule has 1 atom stereocenters. The second-order valence-corrected chi connectivity index (χ2v) is 8.21. The molecule has 2 heterocycles. The maximum Gasteiger partial charge on any atom is 0.300 e. The van der Waals surface area contributed by atoms with Crippen LogP contribution < -0.4 is 9.64 Å². The number of ketones is 1. The summed E-state index contributed by atoms with van der Waals surface area (Å²) in [7, 11) is 0. The molecule has 2 aromatic carbocycles. The van der Waals surface area contributed by atoms with Crippen LogP contribution in [0.5, 0.6) is 5.75 Å². The zero-order valence-corrected chi connectivity index (χ0v) is 18.2. The summed E-state index contributed by atoms with van der Waals surface area (Å²) >= 11 is 0. The van der Waals surface area contributed by atoms with Crippen molar-refractivity contribution in [2.75, 3.05) is 11.5 Å². The van der Waals surface area contributed by atoms with Gasteiger partial charge in [0.25, 0.3) is 11.7 Å². The molecule has 3 aromatic rings. The molecule has 1 amide bonds. The number of anilines is 1. The summed E-state index contributed by atoms with van der Waals surface area (Å²) in [6.07, 6.45) is 1.48. The van der Waals surface area contributed by atoms with Gasteiger partial charge in [0.15, 0.2) is 0 Å². The van der Waals surface area contributed by atoms with Crippen molar-refractivity contribution in [1.29, 1.82) is 0 Å². The van der Waals surface area contributed by atoms with E-state index in [9.17, 15) is 14.7 Å². The number of rotatable bonds is 6. The number of nitrogens with zero attached hydrogens (tertiary/aromatic N) is 1. The van der Waals surface area contributed by atoms with Crippen LogP contribution in [0.15, 0.2) is 76.9 Å². The lowest BCUT2D eigenvalue weighted by atomic mass is 9.98. The SMILES string of the molecule is Cc1cc(/C(O)=C2/C(=O)C(=O)N(c3ccccc3)C2c2ccco2)ccc1OCC(C)C. The lowest BCUT2D eigenvalue weighted by Crippen LogP contribution is -2.29. The molecule has 0 spiro atoms. The van der Waals surface area contributed by atoms with Crippen molar-refractivity contribution in [3.63, 3.8) is 0 Å². The average molecular weight is 431 g/mol. The maximum atomic E-state index is 13.1. The topological polar surface area (TPSA) is 80.0 Å². The van der Waals surface area contributed by atoms with E-state index in [0.717, 1.165) is 5.56 Å². The Morgan fingerprint density at radius 3 is 2.47 bits per heavy atom. The van der Waals surface area contributed by atoms with E-state index in [2.05, 4.69) is 13.8 Å². The summed E-state index contributed by atoms with van der Waals surface area (Å²) in [6.45, 7) is 6.58. The first-order valence-corrected chi connectivity index (χ1v) is 10.5. The number of ether oxygens (including phenoxy) is 1. The Bertz CT molecular complexity index is 1160. The largest absolute Gasteiger partial charge is 0.507 e. The Morgan fingerprint density at radius 1 is 1.09 bits per heavy atom. The van der Waals surface area contributed by atoms with Crippen molar-refractivity contribution < 1.29 is 23.8 Å². The number of furan rings is 1. The molecule has 1 saturated heterocycles. The second kappa shape index (κ2) is 8.75. The van der Waals surface area contributed by atoms with Crippen molar-refractivity contribution in [2.24, 2.45) is 5.92 Å². The number of benzene rings is 2. The van der Waals surface area contributed by atoms with Gasteiger partial charge in [-0.1, -0.05) is 32.0 Å². The first kappa shape index (κ1) is 21.4. The number of para-hydroxylation sites is 1. The van der Waals surface area contributed by atoms with Gasteiger partial charge in [-0.05, 0) is 60.9 Å². The number of carbonyl (C=O) groups is 2. The molecule has 0 radical (unpaired) electrons. The number of aliphatic hydroxyl groups is 1. The van der Waals surface area contributed by atoms with E-state index in [1.807, 2.05) is 13.0 Å². The summed E-state index contributed by atoms with van der Waals surface area (Å²) in [5, 5.41) is 11.2. The molecule has 164 valence electrons. The lowest BCUT2D eigenvalue weighted by Gasteiger charge is -2.23. The van der Waals surface area contributed by atoms with Gasteiger partial charge in [0.05, 0.1) is 18.4 Å². The van der Waals surface area contributed by atoms with E-state index in [0.29, 0.717) is 35.3 Å². The predicted octanol–water partition coefficient (Wildman–Crippen LogP) is 5.25. The van der Waals surface area contributed by atoms with Crippen molar-refractivity contribution in [3.05, 3.63) is 89.4 Å². The van der Waals surface area contributed by atoms with E-state index in [-0.39, 0.29) is 11.3 Å². The van der Waals surface area contributed by atoms with Gasteiger partial charge in [0.2, 0.25) is 0 Å². The third-order valence-corrected chi connectivity index (χ3v) is 5.31. The minimum atomic E-state index is -0.871. The molecule has 4 rings (SSSR count). The average Bonchev–Trinajstić information content (AvgIpc) is 3.40. The van der Waals surface area contributed by atoms with Gasteiger partial charge >= 0.3 is 0 Å². The minimum Gasteiger partial charge on any atom is -0.507 e. The predicted molar refractivity (Wildman–Crippen MR) is 121 cm³/mol. The van der Waals surface area contributed by atoms with E-state index in [1.54, 1.807) is 54.6 Å². The van der Waals surface area contributed by atoms with Crippen molar-refractivity contribution in [3.8, 4) is 5.75 Å². The fourth-order valence-corrected chi connectivity index (χ4v) is 3.77. The van der Waals surface area contributed by atoms with Crippen LogP contribution in [-0.4, -0.2) is 23.4 Å². The fourth-order valence-electron chi connectivity index (χ4n) is 3.77.